The smallest absolute Gasteiger partial charge is 0.330 e. The Morgan fingerprint density at radius 3 is 1.94 bits per heavy atom. The Labute approximate surface area is 331 Å². The number of carbonyl (C=O) groups excluding carboxylic acids is 1. The van der Waals surface area contributed by atoms with Crippen molar-refractivity contribution in [1.29, 1.82) is 0 Å². The monoisotopic (exact) mass is 800 g/mol. The number of hydrogen-bond acceptors (Lipinski definition) is 7. The zero-order chi connectivity index (χ0) is 41.2. The lowest BCUT2D eigenvalue weighted by Crippen LogP contribution is -2.41. The van der Waals surface area contributed by atoms with Crippen molar-refractivity contribution < 1.29 is 31.5 Å². The maximum Gasteiger partial charge on any atom is 0.330 e. The molecule has 0 aliphatic rings. The van der Waals surface area contributed by atoms with Gasteiger partial charge in [0.25, 0.3) is 0 Å². The van der Waals surface area contributed by atoms with E-state index in [9.17, 15) is 13.2 Å². The molecular weight excluding hydrogens is 729 g/mol. The molecule has 1 rings (SSSR count). The zero-order valence-corrected chi connectivity index (χ0v) is 38.7. The van der Waals surface area contributed by atoms with E-state index < -0.39 is 37.7 Å². The van der Waals surface area contributed by atoms with Crippen molar-refractivity contribution in [3.8, 4) is 0 Å². The summed E-state index contributed by atoms with van der Waals surface area (Å²) in [6, 6.07) is 8.62. The first-order valence-corrected chi connectivity index (χ1v) is 26.6. The summed E-state index contributed by atoms with van der Waals surface area (Å²) >= 11 is 0. The van der Waals surface area contributed by atoms with Gasteiger partial charge >= 0.3 is 5.97 Å². The minimum atomic E-state index is -3.61. The molecule has 0 aliphatic carbocycles. The summed E-state index contributed by atoms with van der Waals surface area (Å²) in [6.45, 7) is 27.9. The molecule has 0 fully saturated rings. The van der Waals surface area contributed by atoms with Crippen LogP contribution in [-0.2, 0) is 33.0 Å². The Morgan fingerprint density at radius 1 is 0.815 bits per heavy atom. The van der Waals surface area contributed by atoms with Crippen molar-refractivity contribution in [2.75, 3.05) is 27.4 Å². The largest absolute Gasteiger partial charge is 0.466 e. The molecular formula is C44H72O7SSi2. The van der Waals surface area contributed by atoms with Crippen LogP contribution in [0.4, 0.5) is 0 Å². The van der Waals surface area contributed by atoms with Gasteiger partial charge in [-0.15, -0.1) is 0 Å². The Hall–Kier alpha value is -2.61. The topological polar surface area (TPSA) is 88.1 Å². The van der Waals surface area contributed by atoms with Gasteiger partial charge in [0.2, 0.25) is 0 Å². The molecule has 0 saturated heterocycles. The van der Waals surface area contributed by atoms with Gasteiger partial charge in [0.1, 0.15) is 0 Å². The maximum atomic E-state index is 13.7. The fraction of sp³-hybridized carbons (Fsp3) is 0.568. The van der Waals surface area contributed by atoms with Crippen molar-refractivity contribution in [3.63, 3.8) is 0 Å². The highest BCUT2D eigenvalue weighted by Gasteiger charge is 2.37. The highest BCUT2D eigenvalue weighted by molar-refractivity contribution is 7.92. The van der Waals surface area contributed by atoms with Crippen molar-refractivity contribution in [1.82, 2.24) is 0 Å². The Kier molecular flexibility index (Phi) is 20.9. The SMILES string of the molecule is COC(=O)/C=C(/C)[C@@H](C/C=C\C=C\CC(/C=C/C[C@H](C)/C=C/C(=C\CO[Si](C)(C)C(C)(C)C)CCO[Si](C)(C)C(C)(C)C)S(=O)(=O)c1ccccc1)OC. The van der Waals surface area contributed by atoms with E-state index in [4.69, 9.17) is 18.3 Å². The maximum absolute atomic E-state index is 13.7. The van der Waals surface area contributed by atoms with Crippen LogP contribution >= 0.6 is 0 Å². The van der Waals surface area contributed by atoms with Crippen LogP contribution in [0.2, 0.25) is 36.3 Å². The second-order valence-electron chi connectivity index (χ2n) is 17.1. The average molecular weight is 801 g/mol. The molecule has 0 bridgehead atoms. The van der Waals surface area contributed by atoms with E-state index >= 15 is 0 Å². The number of methoxy groups -OCH3 is 2. The first-order chi connectivity index (χ1) is 25.0. The number of ether oxygens (including phenoxy) is 2. The van der Waals surface area contributed by atoms with Crippen LogP contribution in [-0.4, -0.2) is 69.8 Å². The van der Waals surface area contributed by atoms with Crippen LogP contribution in [0.3, 0.4) is 0 Å². The Balaban J connectivity index is 3.14. The van der Waals surface area contributed by atoms with Gasteiger partial charge in [-0.3, -0.25) is 0 Å². The zero-order valence-electron chi connectivity index (χ0n) is 35.9. The first kappa shape index (κ1) is 49.4. The van der Waals surface area contributed by atoms with Gasteiger partial charge in [0, 0.05) is 19.8 Å². The molecule has 7 nitrogen and oxygen atoms in total. The van der Waals surface area contributed by atoms with E-state index in [1.165, 1.54) is 18.8 Å². The third-order valence-electron chi connectivity index (χ3n) is 10.7. The van der Waals surface area contributed by atoms with Crippen molar-refractivity contribution in [2.24, 2.45) is 5.92 Å². The second kappa shape index (κ2) is 22.8. The standard InChI is InChI=1S/C44H72O7SSi2/c1-36(29-30-38(31-33-50-53(11,12)43(3,4)5)32-34-51-54(13,14)44(6,7)8)23-22-27-40(52(46,47)39-25-19-17-20-26-39)24-18-15-16-21-28-41(48-9)37(2)35-42(45)49-10/h15-22,25-27,29-31,35-36,40-41H,23-24,28,32-34H2,1-14H3/b18-15+,21-16-,27-22+,30-29+,37-35-,38-31+/t36-,40?,41+/m0/s1. The normalized spacial score (nSPS) is 16.2. The number of sulfone groups is 1. The van der Waals surface area contributed by atoms with E-state index in [1.54, 1.807) is 31.4 Å². The molecule has 304 valence electrons. The molecule has 0 heterocycles. The molecule has 0 aromatic heterocycles. The Morgan fingerprint density at radius 2 is 1.39 bits per heavy atom. The predicted molar refractivity (Wildman–Crippen MR) is 233 cm³/mol. The second-order valence-corrected chi connectivity index (χ2v) is 28.9. The summed E-state index contributed by atoms with van der Waals surface area (Å²) in [6.07, 6.45) is 21.5. The molecule has 0 spiro atoms. The molecule has 3 atom stereocenters. The molecule has 1 aromatic carbocycles. The minimum Gasteiger partial charge on any atom is -0.466 e. The van der Waals surface area contributed by atoms with Gasteiger partial charge in [-0.2, -0.15) is 0 Å². The van der Waals surface area contributed by atoms with Crippen LogP contribution < -0.4 is 0 Å². The van der Waals surface area contributed by atoms with Crippen LogP contribution in [0.15, 0.2) is 107 Å². The number of esters is 1. The summed E-state index contributed by atoms with van der Waals surface area (Å²) in [5.74, 6) is -0.231. The van der Waals surface area contributed by atoms with E-state index in [2.05, 4.69) is 92.9 Å². The minimum absolute atomic E-state index is 0.139. The summed E-state index contributed by atoms with van der Waals surface area (Å²) in [7, 11) is -4.43. The first-order valence-electron chi connectivity index (χ1n) is 19.2. The molecule has 10 heteroatoms. The van der Waals surface area contributed by atoms with Crippen LogP contribution in [0, 0.1) is 5.92 Å². The molecule has 0 N–H and O–H groups in total. The lowest BCUT2D eigenvalue weighted by atomic mass is 10.0. The number of hydrogen-bond donors (Lipinski definition) is 0. The lowest BCUT2D eigenvalue weighted by molar-refractivity contribution is -0.135. The van der Waals surface area contributed by atoms with Crippen molar-refractivity contribution in [2.45, 2.75) is 134 Å². The third-order valence-corrected chi connectivity index (χ3v) is 21.8. The average Bonchev–Trinajstić information content (AvgIpc) is 3.08. The fourth-order valence-corrected chi connectivity index (χ4v) is 8.30. The molecule has 0 saturated carbocycles. The van der Waals surface area contributed by atoms with Gasteiger partial charge in [-0.1, -0.05) is 121 Å². The number of rotatable bonds is 22. The van der Waals surface area contributed by atoms with Gasteiger partial charge in [-0.05, 0) is 98.1 Å². The summed E-state index contributed by atoms with van der Waals surface area (Å²) in [5, 5.41) is -0.427. The van der Waals surface area contributed by atoms with E-state index in [0.717, 1.165) is 12.0 Å². The molecule has 54 heavy (non-hydrogen) atoms. The number of allylic oxidation sites excluding steroid dienone is 6. The van der Waals surface area contributed by atoms with Gasteiger partial charge < -0.3 is 18.3 Å². The highest BCUT2D eigenvalue weighted by Crippen LogP contribution is 2.37. The fourth-order valence-electron chi connectivity index (χ4n) is 4.75. The number of benzene rings is 1. The van der Waals surface area contributed by atoms with E-state index in [0.29, 0.717) is 37.4 Å². The third kappa shape index (κ3) is 17.5. The summed E-state index contributed by atoms with van der Waals surface area (Å²) in [5.41, 5.74) is 1.96. The van der Waals surface area contributed by atoms with Gasteiger partial charge in [-0.25, -0.2) is 13.2 Å². The van der Waals surface area contributed by atoms with Crippen molar-refractivity contribution in [3.05, 3.63) is 102 Å². The molecule has 0 amide bonds. The van der Waals surface area contributed by atoms with Gasteiger partial charge in [0.15, 0.2) is 26.5 Å². The van der Waals surface area contributed by atoms with E-state index in [1.807, 2.05) is 49.4 Å². The van der Waals surface area contributed by atoms with E-state index in [-0.39, 0.29) is 22.1 Å². The van der Waals surface area contributed by atoms with Crippen LogP contribution in [0.5, 0.6) is 0 Å². The predicted octanol–water partition coefficient (Wildman–Crippen LogP) is 11.4. The Bertz CT molecular complexity index is 1570. The molecule has 0 radical (unpaired) electrons. The van der Waals surface area contributed by atoms with Crippen molar-refractivity contribution >= 4 is 32.4 Å². The molecule has 1 unspecified atom stereocenters. The number of carbonyl (C=O) groups is 1. The molecule has 0 aliphatic heterocycles. The van der Waals surface area contributed by atoms with Crippen LogP contribution in [0.25, 0.3) is 0 Å². The summed E-state index contributed by atoms with van der Waals surface area (Å²) < 4.78 is 50.7. The quantitative estimate of drug-likeness (QED) is 0.0379. The van der Waals surface area contributed by atoms with Gasteiger partial charge in [0.05, 0.1) is 30.0 Å². The lowest BCUT2D eigenvalue weighted by Gasteiger charge is -2.36. The molecule has 1 aromatic rings. The highest BCUT2D eigenvalue weighted by atomic mass is 32.2. The summed E-state index contributed by atoms with van der Waals surface area (Å²) in [4.78, 5) is 11.9. The van der Waals surface area contributed by atoms with Crippen LogP contribution in [0.1, 0.15) is 81.1 Å².